The highest BCUT2D eigenvalue weighted by atomic mass is 16.6. The zero-order valence-corrected chi connectivity index (χ0v) is 29.0. The third-order valence-corrected chi connectivity index (χ3v) is 8.01. The van der Waals surface area contributed by atoms with E-state index in [0.29, 0.717) is 51.6 Å². The molecule has 0 unspecified atom stereocenters. The molecule has 0 bridgehead atoms. The van der Waals surface area contributed by atoms with Crippen molar-refractivity contribution < 1.29 is 38.1 Å². The van der Waals surface area contributed by atoms with E-state index in [1.165, 1.54) is 0 Å². The van der Waals surface area contributed by atoms with Gasteiger partial charge in [-0.15, -0.1) is 0 Å². The Labute approximate surface area is 284 Å². The Morgan fingerprint density at radius 1 is 0.896 bits per heavy atom. The minimum atomic E-state index is -0.498. The molecule has 2 aromatic carbocycles. The average Bonchev–Trinajstić information content (AvgIpc) is 3.04. The number of rotatable bonds is 16. The zero-order valence-electron chi connectivity index (χ0n) is 29.0. The lowest BCUT2D eigenvalue weighted by Crippen LogP contribution is -2.43. The van der Waals surface area contributed by atoms with Crippen LogP contribution < -0.4 is 20.4 Å². The molecule has 2 atom stereocenters. The number of amides is 2. The van der Waals surface area contributed by atoms with E-state index in [9.17, 15) is 14.4 Å². The molecule has 12 nitrogen and oxygen atoms in total. The molecule has 0 aromatic heterocycles. The molecule has 4 rings (SSSR count). The fourth-order valence-corrected chi connectivity index (χ4v) is 5.84. The zero-order chi connectivity index (χ0) is 34.5. The van der Waals surface area contributed by atoms with Gasteiger partial charge in [0.05, 0.1) is 65.3 Å². The van der Waals surface area contributed by atoms with Crippen molar-refractivity contribution in [2.45, 2.75) is 65.1 Å². The van der Waals surface area contributed by atoms with Crippen LogP contribution in [0.15, 0.2) is 42.5 Å². The summed E-state index contributed by atoms with van der Waals surface area (Å²) in [5, 5.41) is 6.58. The maximum atomic E-state index is 13.1. The second-order valence-corrected chi connectivity index (χ2v) is 13.0. The standard InChI is InChI=1S/C36H52N4O8/c1-26-24-32(38-29-7-9-30(10-8-29)39-14-18-46-19-15-39)31-25-28(6-11-33(31)40(26)27(2)41)35(43)37-13-17-45-21-23-47-22-20-44-16-12-34(42)48-36(3,4)5/h6-11,25-26,32,38H,12-24H2,1-5H3,(H,37,43)/t26-,32+/m0/s1. The molecule has 1 saturated heterocycles. The first-order chi connectivity index (χ1) is 23.0. The Bertz CT molecular complexity index is 1340. The first-order valence-electron chi connectivity index (χ1n) is 16.9. The summed E-state index contributed by atoms with van der Waals surface area (Å²) in [6.07, 6.45) is 0.909. The average molecular weight is 669 g/mol. The van der Waals surface area contributed by atoms with E-state index in [-0.39, 0.29) is 42.9 Å². The summed E-state index contributed by atoms with van der Waals surface area (Å²) in [6.45, 7) is 14.9. The van der Waals surface area contributed by atoms with E-state index < -0.39 is 5.60 Å². The molecule has 0 radical (unpaired) electrons. The number of morpholine rings is 1. The van der Waals surface area contributed by atoms with E-state index in [0.717, 1.165) is 48.9 Å². The van der Waals surface area contributed by atoms with Gasteiger partial charge >= 0.3 is 5.97 Å². The van der Waals surface area contributed by atoms with Gasteiger partial charge < -0.3 is 44.1 Å². The summed E-state index contributed by atoms with van der Waals surface area (Å²) >= 11 is 0. The van der Waals surface area contributed by atoms with Gasteiger partial charge in [-0.25, -0.2) is 0 Å². The number of benzene rings is 2. The van der Waals surface area contributed by atoms with Gasteiger partial charge in [-0.3, -0.25) is 14.4 Å². The van der Waals surface area contributed by atoms with Gasteiger partial charge in [0, 0.05) is 55.2 Å². The van der Waals surface area contributed by atoms with Crippen molar-refractivity contribution in [1.82, 2.24) is 5.32 Å². The Morgan fingerprint density at radius 2 is 1.54 bits per heavy atom. The molecular formula is C36H52N4O8. The highest BCUT2D eigenvalue weighted by Crippen LogP contribution is 2.40. The molecule has 2 heterocycles. The monoisotopic (exact) mass is 668 g/mol. The van der Waals surface area contributed by atoms with Gasteiger partial charge in [0.2, 0.25) is 5.91 Å². The molecule has 0 saturated carbocycles. The fourth-order valence-electron chi connectivity index (χ4n) is 5.84. The molecule has 2 aromatic rings. The van der Waals surface area contributed by atoms with Crippen molar-refractivity contribution in [2.75, 3.05) is 87.6 Å². The lowest BCUT2D eigenvalue weighted by Gasteiger charge is -2.39. The van der Waals surface area contributed by atoms with Crippen molar-refractivity contribution in [3.63, 3.8) is 0 Å². The van der Waals surface area contributed by atoms with Crippen molar-refractivity contribution in [3.05, 3.63) is 53.6 Å². The molecular weight excluding hydrogens is 616 g/mol. The van der Waals surface area contributed by atoms with Crippen LogP contribution >= 0.6 is 0 Å². The van der Waals surface area contributed by atoms with E-state index in [2.05, 4.69) is 46.7 Å². The lowest BCUT2D eigenvalue weighted by molar-refractivity contribution is -0.156. The highest BCUT2D eigenvalue weighted by molar-refractivity contribution is 5.97. The Morgan fingerprint density at radius 3 is 2.19 bits per heavy atom. The van der Waals surface area contributed by atoms with Crippen LogP contribution in [0.25, 0.3) is 0 Å². The number of carbonyl (C=O) groups is 3. The maximum absolute atomic E-state index is 13.1. The second-order valence-electron chi connectivity index (χ2n) is 13.0. The molecule has 2 amide bonds. The summed E-state index contributed by atoms with van der Waals surface area (Å²) in [4.78, 5) is 41.5. The van der Waals surface area contributed by atoms with Gasteiger partial charge in [-0.05, 0) is 82.1 Å². The van der Waals surface area contributed by atoms with E-state index >= 15 is 0 Å². The summed E-state index contributed by atoms with van der Waals surface area (Å²) in [5.74, 6) is -0.517. The van der Waals surface area contributed by atoms with Crippen molar-refractivity contribution in [2.24, 2.45) is 0 Å². The Kier molecular flexibility index (Phi) is 14.0. The van der Waals surface area contributed by atoms with E-state index in [4.69, 9.17) is 23.7 Å². The van der Waals surface area contributed by atoms with Crippen molar-refractivity contribution in [3.8, 4) is 0 Å². The fraction of sp³-hybridized carbons (Fsp3) is 0.583. The van der Waals surface area contributed by atoms with Gasteiger partial charge in [0.25, 0.3) is 5.91 Å². The predicted octanol–water partition coefficient (Wildman–Crippen LogP) is 4.33. The molecule has 1 fully saturated rings. The Balaban J connectivity index is 1.21. The number of fused-ring (bicyclic) bond motifs is 1. The molecule has 0 aliphatic carbocycles. The minimum absolute atomic E-state index is 0.00221. The van der Waals surface area contributed by atoms with E-state index in [1.807, 2.05) is 37.8 Å². The molecule has 12 heteroatoms. The number of hydrogen-bond donors (Lipinski definition) is 2. The van der Waals surface area contributed by atoms with Crippen LogP contribution in [-0.4, -0.2) is 102 Å². The number of nitrogens with zero attached hydrogens (tertiary/aromatic N) is 2. The molecule has 2 aliphatic heterocycles. The number of carbonyl (C=O) groups excluding carboxylic acids is 3. The third kappa shape index (κ3) is 11.5. The number of hydrogen-bond acceptors (Lipinski definition) is 10. The maximum Gasteiger partial charge on any atom is 0.308 e. The molecule has 0 spiro atoms. The summed E-state index contributed by atoms with van der Waals surface area (Å²) in [5.41, 5.74) is 3.90. The predicted molar refractivity (Wildman–Crippen MR) is 185 cm³/mol. The SMILES string of the molecule is CC(=O)N1c2ccc(C(=O)NCCOCCOCCOCCC(=O)OC(C)(C)C)cc2[C@H](Nc2ccc(N3CCOCC3)cc2)C[C@@H]1C. The quantitative estimate of drug-likeness (QED) is 0.197. The van der Waals surface area contributed by atoms with Crippen LogP contribution in [0.2, 0.25) is 0 Å². The van der Waals surface area contributed by atoms with Crippen LogP contribution in [-0.2, 0) is 33.3 Å². The normalized spacial score (nSPS) is 17.9. The van der Waals surface area contributed by atoms with Crippen LogP contribution in [0.5, 0.6) is 0 Å². The van der Waals surface area contributed by atoms with Crippen molar-refractivity contribution >= 4 is 34.8 Å². The number of anilines is 3. The summed E-state index contributed by atoms with van der Waals surface area (Å²) in [6, 6.07) is 13.8. The summed E-state index contributed by atoms with van der Waals surface area (Å²) in [7, 11) is 0. The molecule has 2 N–H and O–H groups in total. The van der Waals surface area contributed by atoms with Crippen molar-refractivity contribution in [1.29, 1.82) is 0 Å². The lowest BCUT2D eigenvalue weighted by atomic mass is 9.90. The Hall–Kier alpha value is -3.71. The topological polar surface area (TPSA) is 128 Å². The molecule has 2 aliphatic rings. The summed E-state index contributed by atoms with van der Waals surface area (Å²) < 4.78 is 27.2. The molecule has 48 heavy (non-hydrogen) atoms. The van der Waals surface area contributed by atoms with Gasteiger partial charge in [0.1, 0.15) is 5.60 Å². The van der Waals surface area contributed by atoms with Crippen LogP contribution in [0, 0.1) is 0 Å². The van der Waals surface area contributed by atoms with Crippen LogP contribution in [0.4, 0.5) is 17.1 Å². The van der Waals surface area contributed by atoms with Gasteiger partial charge in [-0.2, -0.15) is 0 Å². The number of esters is 1. The first-order valence-corrected chi connectivity index (χ1v) is 16.9. The minimum Gasteiger partial charge on any atom is -0.460 e. The van der Waals surface area contributed by atoms with Gasteiger partial charge in [0.15, 0.2) is 0 Å². The highest BCUT2D eigenvalue weighted by Gasteiger charge is 2.33. The smallest absolute Gasteiger partial charge is 0.308 e. The third-order valence-electron chi connectivity index (χ3n) is 8.01. The number of ether oxygens (including phenoxy) is 5. The van der Waals surface area contributed by atoms with Gasteiger partial charge in [-0.1, -0.05) is 0 Å². The van der Waals surface area contributed by atoms with Crippen LogP contribution in [0.3, 0.4) is 0 Å². The second kappa shape index (κ2) is 18.2. The first kappa shape index (κ1) is 37.1. The largest absolute Gasteiger partial charge is 0.460 e. The molecule has 264 valence electrons. The van der Waals surface area contributed by atoms with E-state index in [1.54, 1.807) is 13.0 Å². The van der Waals surface area contributed by atoms with Crippen LogP contribution in [0.1, 0.15) is 69.4 Å². The number of nitrogens with one attached hydrogen (secondary N) is 2.